The van der Waals surface area contributed by atoms with Crippen molar-refractivity contribution in [2.45, 2.75) is 148 Å². The second kappa shape index (κ2) is 23.4. The zero-order valence-corrected chi connectivity index (χ0v) is 31.0. The van der Waals surface area contributed by atoms with E-state index in [0.717, 1.165) is 0 Å². The molecule has 0 bridgehead atoms. The van der Waals surface area contributed by atoms with Crippen LogP contribution in [-0.4, -0.2) is 31.2 Å². The molecule has 1 aromatic rings. The molecule has 0 spiro atoms. The lowest BCUT2D eigenvalue weighted by Crippen LogP contribution is -2.31. The Labute approximate surface area is 256 Å². The van der Waals surface area contributed by atoms with Crippen molar-refractivity contribution in [1.82, 2.24) is 5.32 Å². The molecule has 0 aliphatic rings. The van der Waals surface area contributed by atoms with Crippen LogP contribution in [0.15, 0.2) is 35.4 Å². The summed E-state index contributed by atoms with van der Waals surface area (Å²) >= 11 is 0. The second-order valence-electron chi connectivity index (χ2n) is 15.5. The van der Waals surface area contributed by atoms with Gasteiger partial charge in [0, 0.05) is 41.2 Å². The van der Waals surface area contributed by atoms with E-state index in [0.29, 0.717) is 40.8 Å². The average molecular weight is 579 g/mol. The Morgan fingerprint density at radius 3 is 1.02 bits per heavy atom. The van der Waals surface area contributed by atoms with Crippen molar-refractivity contribution in [2.75, 3.05) is 14.1 Å². The number of carbonyl (C=O) groups is 2. The van der Waals surface area contributed by atoms with E-state index in [-0.39, 0.29) is 10.8 Å². The lowest BCUT2D eigenvalue weighted by atomic mass is 9.87. The van der Waals surface area contributed by atoms with Gasteiger partial charge in [0.2, 0.25) is 0 Å². The number of Topliss-reactive ketones (excluding diaryl/α,β-unsaturated/α-hetero) is 2. The molecule has 0 fully saturated rings. The quantitative estimate of drug-likeness (QED) is 0.215. The topological polar surface area (TPSA) is 94.9 Å². The van der Waals surface area contributed by atoms with E-state index >= 15 is 0 Å². The van der Waals surface area contributed by atoms with E-state index in [2.05, 4.69) is 115 Å². The van der Waals surface area contributed by atoms with Gasteiger partial charge in [-0.2, -0.15) is 0 Å². The van der Waals surface area contributed by atoms with Crippen LogP contribution >= 0.6 is 0 Å². The fourth-order valence-corrected chi connectivity index (χ4v) is 2.00. The lowest BCUT2D eigenvalue weighted by molar-refractivity contribution is -0.126. The molecule has 0 aromatic heterocycles. The van der Waals surface area contributed by atoms with Gasteiger partial charge >= 0.3 is 0 Å². The Morgan fingerprint density at radius 2 is 0.951 bits per heavy atom. The van der Waals surface area contributed by atoms with Gasteiger partial charge in [-0.05, 0) is 49.7 Å². The van der Waals surface area contributed by atoms with Crippen LogP contribution in [0.2, 0.25) is 0 Å². The van der Waals surface area contributed by atoms with Crippen LogP contribution in [0.3, 0.4) is 0 Å². The van der Waals surface area contributed by atoms with Gasteiger partial charge in [-0.1, -0.05) is 139 Å². The summed E-state index contributed by atoms with van der Waals surface area (Å²) in [6.07, 6.45) is 1.31. The number of rotatable bonds is 2. The number of azide groups is 1. The molecular formula is C35H70N4O2. The highest BCUT2D eigenvalue weighted by atomic mass is 16.1. The van der Waals surface area contributed by atoms with Gasteiger partial charge < -0.3 is 5.32 Å². The second-order valence-corrected chi connectivity index (χ2v) is 15.5. The third kappa shape index (κ3) is 47.9. The molecule has 0 amide bonds. The van der Waals surface area contributed by atoms with Crippen molar-refractivity contribution in [2.24, 2.45) is 21.4 Å². The molecule has 41 heavy (non-hydrogen) atoms. The van der Waals surface area contributed by atoms with Crippen LogP contribution in [0.1, 0.15) is 143 Å². The predicted molar refractivity (Wildman–Crippen MR) is 184 cm³/mol. The van der Waals surface area contributed by atoms with Gasteiger partial charge in [0.15, 0.2) is 0 Å². The minimum atomic E-state index is -0.130. The van der Waals surface area contributed by atoms with Crippen LogP contribution in [0.4, 0.5) is 0 Å². The van der Waals surface area contributed by atoms with Crippen molar-refractivity contribution in [3.63, 3.8) is 0 Å². The first-order valence-electron chi connectivity index (χ1n) is 14.8. The zero-order chi connectivity index (χ0) is 34.3. The Morgan fingerprint density at radius 1 is 0.707 bits per heavy atom. The maximum Gasteiger partial charge on any atom is 0.137 e. The van der Waals surface area contributed by atoms with E-state index in [1.807, 2.05) is 62.4 Å². The molecule has 0 aliphatic heterocycles. The standard InChI is InChI=1S/C10H14.2C7H14O.C5H13N.C5H12.CH3N3/c1-10(2,3)9-7-5-4-6-8-9;2*1-5-6(8)7(2,3)4;1-5(2,3)6-4;1-5(2,3)4;1-3-4-2/h4-8H,1-3H3;2*5H2,1-4H3;6H,1-4H3;1-4H3;1H3. The Kier molecular flexibility index (Phi) is 27.7. The van der Waals surface area contributed by atoms with E-state index in [4.69, 9.17) is 5.53 Å². The molecule has 6 nitrogen and oxygen atoms in total. The van der Waals surface area contributed by atoms with Crippen LogP contribution in [0.25, 0.3) is 10.4 Å². The maximum absolute atomic E-state index is 10.8. The normalized spacial score (nSPS) is 10.9. The highest BCUT2D eigenvalue weighted by molar-refractivity contribution is 5.83. The van der Waals surface area contributed by atoms with Gasteiger partial charge in [0.1, 0.15) is 11.6 Å². The monoisotopic (exact) mass is 579 g/mol. The van der Waals surface area contributed by atoms with Crippen LogP contribution in [0, 0.1) is 16.2 Å². The number of nitrogens with one attached hydrogen (secondary N) is 1. The molecule has 6 heteroatoms. The minimum Gasteiger partial charge on any atom is -0.315 e. The Hall–Kier alpha value is -2.17. The highest BCUT2D eigenvalue weighted by Gasteiger charge is 2.18. The van der Waals surface area contributed by atoms with Crippen molar-refractivity contribution in [3.05, 3.63) is 46.3 Å². The SMILES string of the molecule is CC(C)(C)C.CC(C)(C)c1ccccc1.CCC(=O)C(C)(C)C.CCC(=O)C(C)(C)C.CN=[N+]=[N-].CNC(C)(C)C. The third-order valence-electron chi connectivity index (χ3n) is 4.79. The molecule has 1 N–H and O–H groups in total. The lowest BCUT2D eigenvalue weighted by Gasteiger charge is -2.18. The first kappa shape index (κ1) is 48.6. The molecule has 0 aliphatic carbocycles. The molecule has 0 saturated carbocycles. The van der Waals surface area contributed by atoms with Crippen LogP contribution < -0.4 is 5.32 Å². The minimum absolute atomic E-state index is 0.130. The fourth-order valence-electron chi connectivity index (χ4n) is 2.00. The smallest absolute Gasteiger partial charge is 0.137 e. The molecule has 0 atom stereocenters. The van der Waals surface area contributed by atoms with Gasteiger partial charge in [0.05, 0.1) is 0 Å². The third-order valence-corrected chi connectivity index (χ3v) is 4.79. The summed E-state index contributed by atoms with van der Waals surface area (Å²) in [6, 6.07) is 10.6. The summed E-state index contributed by atoms with van der Waals surface area (Å²) in [5.41, 5.74) is 9.56. The first-order valence-corrected chi connectivity index (χ1v) is 14.8. The summed E-state index contributed by atoms with van der Waals surface area (Å²) in [7, 11) is 3.35. The van der Waals surface area contributed by atoms with Crippen molar-refractivity contribution in [3.8, 4) is 0 Å². The molecule has 0 radical (unpaired) electrons. The largest absolute Gasteiger partial charge is 0.315 e. The molecule has 1 rings (SSSR count). The average Bonchev–Trinajstić information content (AvgIpc) is 2.81. The number of hydrogen-bond acceptors (Lipinski definition) is 4. The summed E-state index contributed by atoms with van der Waals surface area (Å²) < 4.78 is 0. The van der Waals surface area contributed by atoms with E-state index in [9.17, 15) is 9.59 Å². The maximum atomic E-state index is 10.8. The Balaban J connectivity index is -0.000000130. The Bertz CT molecular complexity index is 789. The van der Waals surface area contributed by atoms with Gasteiger partial charge in [-0.15, -0.1) is 0 Å². The molecule has 242 valence electrons. The number of ketones is 2. The van der Waals surface area contributed by atoms with Gasteiger partial charge in [0.25, 0.3) is 0 Å². The van der Waals surface area contributed by atoms with E-state index < -0.39 is 0 Å². The van der Waals surface area contributed by atoms with E-state index in [1.165, 1.54) is 12.6 Å². The number of benzene rings is 1. The molecule has 0 heterocycles. The van der Waals surface area contributed by atoms with Gasteiger partial charge in [-0.3, -0.25) is 9.59 Å². The van der Waals surface area contributed by atoms with Gasteiger partial charge in [-0.25, -0.2) is 0 Å². The summed E-state index contributed by atoms with van der Waals surface area (Å²) in [5, 5.41) is 6.02. The molecule has 1 aromatic carbocycles. The summed E-state index contributed by atoms with van der Waals surface area (Å²) in [5.74, 6) is 0.662. The molecule has 0 unspecified atom stereocenters. The highest BCUT2D eigenvalue weighted by Crippen LogP contribution is 2.20. The molecular weight excluding hydrogens is 508 g/mol. The van der Waals surface area contributed by atoms with Crippen LogP contribution in [-0.2, 0) is 15.0 Å². The molecule has 0 saturated heterocycles. The number of carbonyl (C=O) groups excluding carboxylic acids is 2. The van der Waals surface area contributed by atoms with E-state index in [1.54, 1.807) is 0 Å². The first-order chi connectivity index (χ1) is 18.0. The van der Waals surface area contributed by atoms with Crippen molar-refractivity contribution in [1.29, 1.82) is 0 Å². The summed E-state index contributed by atoms with van der Waals surface area (Å²) in [6.45, 7) is 37.3. The number of nitrogens with zero attached hydrogens (tertiary/aromatic N) is 3. The van der Waals surface area contributed by atoms with Crippen molar-refractivity contribution >= 4 is 11.6 Å². The zero-order valence-electron chi connectivity index (χ0n) is 31.0. The van der Waals surface area contributed by atoms with Crippen LogP contribution in [0.5, 0.6) is 0 Å². The number of hydrogen-bond donors (Lipinski definition) is 1. The van der Waals surface area contributed by atoms with Crippen molar-refractivity contribution < 1.29 is 9.59 Å². The predicted octanol–water partition coefficient (Wildman–Crippen LogP) is 11.0. The summed E-state index contributed by atoms with van der Waals surface area (Å²) in [4.78, 5) is 24.0. The fraction of sp³-hybridized carbons (Fsp3) is 0.771.